The topological polar surface area (TPSA) is 0 Å². The fourth-order valence-electron chi connectivity index (χ4n) is 4.68. The maximum atomic E-state index is 2.48. The average Bonchev–Trinajstić information content (AvgIpc) is 3.15. The van der Waals surface area contributed by atoms with Crippen LogP contribution in [-0.2, 0) is 39.0 Å². The molecule has 0 bridgehead atoms. The van der Waals surface area contributed by atoms with E-state index in [1.807, 2.05) is 0 Å². The van der Waals surface area contributed by atoms with Gasteiger partial charge in [-0.25, -0.2) is 0 Å². The average molecular weight is 468 g/mol. The van der Waals surface area contributed by atoms with Crippen molar-refractivity contribution in [2.45, 2.75) is 18.8 Å². The number of rotatable bonds is 1. The molecule has 6 rings (SSSR count). The molecule has 0 saturated carbocycles. The van der Waals surface area contributed by atoms with Gasteiger partial charge in [0.1, 0.15) is 0 Å². The van der Waals surface area contributed by atoms with Crippen molar-refractivity contribution >= 4 is 27.6 Å². The number of hydrogen-bond donors (Lipinski definition) is 0. The van der Waals surface area contributed by atoms with Gasteiger partial charge in [-0.3, -0.25) is 0 Å². The third kappa shape index (κ3) is 2.87. The minimum atomic E-state index is 0. The maximum absolute atomic E-state index is 2.48. The summed E-state index contributed by atoms with van der Waals surface area (Å²) >= 11 is 0. The Balaban J connectivity index is 0.000000701. The smallest absolute Gasteiger partial charge is 1.00 e. The molecule has 0 aliphatic heterocycles. The first-order chi connectivity index (χ1) is 11.9. The van der Waals surface area contributed by atoms with Crippen LogP contribution in [0.2, 0.25) is 0 Å². The largest absolute Gasteiger partial charge is 3.00 e. The summed E-state index contributed by atoms with van der Waals surface area (Å²) in [5.74, 6) is 0.424. The van der Waals surface area contributed by atoms with Gasteiger partial charge in [0.05, 0.1) is 0 Å². The van der Waals surface area contributed by atoms with Gasteiger partial charge in [0.25, 0.3) is 0 Å². The van der Waals surface area contributed by atoms with Crippen LogP contribution in [0.3, 0.4) is 0 Å². The summed E-state index contributed by atoms with van der Waals surface area (Å²) in [6.45, 7) is 0. The second-order valence-corrected chi connectivity index (χ2v) is 7.08. The minimum Gasteiger partial charge on any atom is -1.00 e. The van der Waals surface area contributed by atoms with Crippen LogP contribution in [0.15, 0.2) is 66.7 Å². The molecule has 0 fully saturated rings. The molecule has 0 N–H and O–H groups in total. The summed E-state index contributed by atoms with van der Waals surface area (Å²) in [4.78, 5) is 0. The Morgan fingerprint density at radius 2 is 1.52 bits per heavy atom. The van der Waals surface area contributed by atoms with Crippen molar-refractivity contribution in [1.82, 2.24) is 0 Å². The number of aryl methyl sites for hydroxylation is 1. The van der Waals surface area contributed by atoms with Gasteiger partial charge in [-0.2, -0.15) is 0 Å². The van der Waals surface area contributed by atoms with E-state index in [9.17, 15) is 0 Å². The van der Waals surface area contributed by atoms with Gasteiger partial charge >= 0.3 is 26.2 Å². The number of benzene rings is 3. The summed E-state index contributed by atoms with van der Waals surface area (Å²) in [7, 11) is 0. The van der Waals surface area contributed by atoms with Crippen molar-refractivity contribution in [3.05, 3.63) is 94.6 Å². The molecule has 1 radical (unpaired) electrons. The number of hydrogen-bond acceptors (Lipinski definition) is 0. The minimum absolute atomic E-state index is 0. The Labute approximate surface area is 191 Å². The van der Waals surface area contributed by atoms with Gasteiger partial charge in [-0.1, -0.05) is 72.7 Å². The Morgan fingerprint density at radius 1 is 0.778 bits per heavy atom. The third-order valence-electron chi connectivity index (χ3n) is 5.94. The van der Waals surface area contributed by atoms with Gasteiger partial charge < -0.3 is 24.8 Å². The predicted octanol–water partition coefficient (Wildman–Crippen LogP) is -0.0253. The molecule has 0 heterocycles. The van der Waals surface area contributed by atoms with Crippen molar-refractivity contribution in [3.8, 4) is 0 Å². The van der Waals surface area contributed by atoms with E-state index in [-0.39, 0.29) is 51.0 Å². The molecule has 27 heavy (non-hydrogen) atoms. The number of halogens is 2. The van der Waals surface area contributed by atoms with Crippen molar-refractivity contribution < 1.29 is 51.0 Å². The van der Waals surface area contributed by atoms with Crippen molar-refractivity contribution in [3.63, 3.8) is 0 Å². The number of fused-ring (bicyclic) bond motifs is 6. The second kappa shape index (κ2) is 7.63. The fourth-order valence-corrected chi connectivity index (χ4v) is 4.68. The van der Waals surface area contributed by atoms with Gasteiger partial charge in [0.15, 0.2) is 0 Å². The molecular weight excluding hydrogens is 450 g/mol. The standard InChI is InChI=1S/C24H17.2ClH.Zr/c1-3-7-17-15(5-1)9-10-19(17)24-14-23-18-8-4-2-6-16(18)13-22(23)20-11-12-21(20)24;;;/h1-10,13-14,19H,11-12H2;2*1H;/q-1;;;+3/p-2. The molecule has 3 heteroatoms. The van der Waals surface area contributed by atoms with Crippen LogP contribution in [0.5, 0.6) is 0 Å². The zero-order valence-corrected chi connectivity index (χ0v) is 18.6. The summed E-state index contributed by atoms with van der Waals surface area (Å²) in [6.07, 6.45) is 7.14. The zero-order valence-electron chi connectivity index (χ0n) is 14.7. The molecule has 4 aromatic rings. The summed E-state index contributed by atoms with van der Waals surface area (Å²) < 4.78 is 0. The molecule has 1 unspecified atom stereocenters. The molecule has 0 saturated heterocycles. The van der Waals surface area contributed by atoms with E-state index >= 15 is 0 Å². The first-order valence-electron chi connectivity index (χ1n) is 8.80. The van der Waals surface area contributed by atoms with Gasteiger partial charge in [-0.05, 0) is 23.1 Å². The Hall–Kier alpha value is -1.27. The van der Waals surface area contributed by atoms with Crippen LogP contribution >= 0.6 is 0 Å². The molecular formula is C24H17Cl2Zr. The van der Waals surface area contributed by atoms with Crippen LogP contribution in [0.4, 0.5) is 0 Å². The zero-order chi connectivity index (χ0) is 15.7. The Morgan fingerprint density at radius 3 is 2.33 bits per heavy atom. The molecule has 0 spiro atoms. The van der Waals surface area contributed by atoms with E-state index in [1.54, 1.807) is 11.1 Å². The molecule has 0 nitrogen and oxygen atoms in total. The fraction of sp³-hybridized carbons (Fsp3) is 0.125. The van der Waals surface area contributed by atoms with Gasteiger partial charge in [0.2, 0.25) is 0 Å². The molecule has 4 aromatic carbocycles. The van der Waals surface area contributed by atoms with Gasteiger partial charge in [-0.15, -0.1) is 39.2 Å². The molecule has 1 atom stereocenters. The predicted molar refractivity (Wildman–Crippen MR) is 102 cm³/mol. The molecule has 2 aliphatic rings. The summed E-state index contributed by atoms with van der Waals surface area (Å²) in [6, 6.07) is 22.5. The van der Waals surface area contributed by atoms with E-state index < -0.39 is 0 Å². The van der Waals surface area contributed by atoms with E-state index in [1.165, 1.54) is 51.1 Å². The number of allylic oxidation sites excluding steroid dienone is 1. The van der Waals surface area contributed by atoms with E-state index in [0.717, 1.165) is 0 Å². The van der Waals surface area contributed by atoms with Crippen molar-refractivity contribution in [2.75, 3.05) is 0 Å². The first kappa shape index (κ1) is 20.5. The van der Waals surface area contributed by atoms with Crippen LogP contribution in [-0.4, -0.2) is 0 Å². The van der Waals surface area contributed by atoms with E-state index in [2.05, 4.69) is 72.8 Å². The SMILES string of the molecule is C1=CC(c2cc3c([cH-]c4ccccc43)c3c2CC3)c2ccccc21.[Cl-].[Cl-].[Zr+3]. The van der Waals surface area contributed by atoms with Crippen LogP contribution in [0.1, 0.15) is 33.7 Å². The van der Waals surface area contributed by atoms with Crippen LogP contribution < -0.4 is 24.8 Å². The normalized spacial score (nSPS) is 15.9. The quantitative estimate of drug-likeness (QED) is 0.345. The molecule has 2 aliphatic carbocycles. The van der Waals surface area contributed by atoms with Crippen molar-refractivity contribution in [2.24, 2.45) is 0 Å². The Kier molecular flexibility index (Phi) is 5.78. The van der Waals surface area contributed by atoms with Crippen LogP contribution in [0, 0.1) is 0 Å². The van der Waals surface area contributed by atoms with Gasteiger partial charge in [0, 0.05) is 5.92 Å². The van der Waals surface area contributed by atoms with E-state index in [0.29, 0.717) is 5.92 Å². The molecule has 0 aromatic heterocycles. The third-order valence-corrected chi connectivity index (χ3v) is 5.94. The van der Waals surface area contributed by atoms with E-state index in [4.69, 9.17) is 0 Å². The molecule has 131 valence electrons. The summed E-state index contributed by atoms with van der Waals surface area (Å²) in [5, 5.41) is 5.70. The Bertz CT molecular complexity index is 1170. The second-order valence-electron chi connectivity index (χ2n) is 7.08. The molecule has 0 amide bonds. The first-order valence-corrected chi connectivity index (χ1v) is 8.80. The van der Waals surface area contributed by atoms with Crippen LogP contribution in [0.25, 0.3) is 27.6 Å². The maximum Gasteiger partial charge on any atom is 3.00 e. The van der Waals surface area contributed by atoms with Crippen molar-refractivity contribution in [1.29, 1.82) is 0 Å². The summed E-state index contributed by atoms with van der Waals surface area (Å²) in [5.41, 5.74) is 7.56. The monoisotopic (exact) mass is 465 g/mol.